The number of fused-ring (bicyclic) bond motifs is 1. The smallest absolute Gasteiger partial charge is 0.202 e. The lowest BCUT2D eigenvalue weighted by Gasteiger charge is -2.30. The van der Waals surface area contributed by atoms with E-state index in [0.29, 0.717) is 0 Å². The summed E-state index contributed by atoms with van der Waals surface area (Å²) in [7, 11) is 0. The number of para-hydroxylation sites is 1. The number of nitrogens with zero attached hydrogens (tertiary/aromatic N) is 1. The first-order valence-corrected chi connectivity index (χ1v) is 6.26. The number of benzene rings is 1. The minimum absolute atomic E-state index is 0.0453. The third kappa shape index (κ3) is 1.75. The summed E-state index contributed by atoms with van der Waals surface area (Å²) >= 11 is 0. The van der Waals surface area contributed by atoms with Crippen LogP contribution in [0.4, 0.5) is 0 Å². The highest BCUT2D eigenvalue weighted by Gasteiger charge is 2.33. The van der Waals surface area contributed by atoms with Gasteiger partial charge in [0, 0.05) is 6.54 Å². The molecule has 3 heteroatoms. The van der Waals surface area contributed by atoms with Gasteiger partial charge in [-0.15, -0.1) is 0 Å². The Kier molecular flexibility index (Phi) is 2.44. The number of aromatic nitrogens is 1. The van der Waals surface area contributed by atoms with Crippen LogP contribution in [0.2, 0.25) is 0 Å². The molecule has 0 radical (unpaired) electrons. The fourth-order valence-corrected chi connectivity index (χ4v) is 2.58. The molecule has 1 N–H and O–H groups in total. The van der Waals surface area contributed by atoms with Crippen LogP contribution in [0.3, 0.4) is 0 Å². The summed E-state index contributed by atoms with van der Waals surface area (Å²) < 4.78 is 5.94. The maximum absolute atomic E-state index is 5.94. The lowest BCUT2D eigenvalue weighted by Crippen LogP contribution is -2.41. The Balaban J connectivity index is 2.08. The molecule has 17 heavy (non-hydrogen) atoms. The Morgan fingerprint density at radius 3 is 3.00 bits per heavy atom. The van der Waals surface area contributed by atoms with Gasteiger partial charge in [-0.1, -0.05) is 12.1 Å². The molecule has 1 atom stereocenters. The van der Waals surface area contributed by atoms with E-state index in [1.54, 1.807) is 0 Å². The summed E-state index contributed by atoms with van der Waals surface area (Å²) in [5.41, 5.74) is 3.15. The molecule has 0 aliphatic carbocycles. The molecule has 1 unspecified atom stereocenters. The predicted octanol–water partition coefficient (Wildman–Crippen LogP) is 2.78. The fourth-order valence-electron chi connectivity index (χ4n) is 2.58. The van der Waals surface area contributed by atoms with Crippen molar-refractivity contribution < 1.29 is 4.42 Å². The molecule has 1 fully saturated rings. The molecular weight excluding hydrogens is 212 g/mol. The summed E-state index contributed by atoms with van der Waals surface area (Å²) in [4.78, 5) is 4.70. The van der Waals surface area contributed by atoms with E-state index in [2.05, 4.69) is 25.2 Å². The SMILES string of the molecule is Cc1cccc2oc(C3(C)CCCNC3)nc12. The topological polar surface area (TPSA) is 38.1 Å². The van der Waals surface area contributed by atoms with Crippen LogP contribution in [0, 0.1) is 6.92 Å². The monoisotopic (exact) mass is 230 g/mol. The molecule has 1 aromatic heterocycles. The van der Waals surface area contributed by atoms with Gasteiger partial charge in [0.05, 0.1) is 5.41 Å². The largest absolute Gasteiger partial charge is 0.440 e. The molecule has 0 saturated carbocycles. The Hall–Kier alpha value is -1.35. The van der Waals surface area contributed by atoms with Crippen molar-refractivity contribution in [3.05, 3.63) is 29.7 Å². The van der Waals surface area contributed by atoms with E-state index in [9.17, 15) is 0 Å². The Morgan fingerprint density at radius 1 is 1.41 bits per heavy atom. The normalized spacial score (nSPS) is 25.3. The van der Waals surface area contributed by atoms with Crippen LogP contribution in [-0.2, 0) is 5.41 Å². The van der Waals surface area contributed by atoms with E-state index in [-0.39, 0.29) is 5.41 Å². The van der Waals surface area contributed by atoms with Gasteiger partial charge < -0.3 is 9.73 Å². The second-order valence-corrected chi connectivity index (χ2v) is 5.28. The standard InChI is InChI=1S/C14H18N2O/c1-10-5-3-6-11-12(10)16-13(17-11)14(2)7-4-8-15-9-14/h3,5-6,15H,4,7-9H2,1-2H3. The van der Waals surface area contributed by atoms with E-state index in [0.717, 1.165) is 36.5 Å². The zero-order chi connectivity index (χ0) is 11.9. The molecule has 90 valence electrons. The van der Waals surface area contributed by atoms with E-state index in [1.165, 1.54) is 12.0 Å². The van der Waals surface area contributed by atoms with Gasteiger partial charge in [0.1, 0.15) is 5.52 Å². The minimum Gasteiger partial charge on any atom is -0.440 e. The summed E-state index contributed by atoms with van der Waals surface area (Å²) in [5.74, 6) is 0.883. The van der Waals surface area contributed by atoms with Crippen molar-refractivity contribution in [1.29, 1.82) is 0 Å². The average Bonchev–Trinajstić information content (AvgIpc) is 2.76. The second kappa shape index (κ2) is 3.84. The van der Waals surface area contributed by atoms with Crippen molar-refractivity contribution in [2.45, 2.75) is 32.1 Å². The molecule has 3 nitrogen and oxygen atoms in total. The highest BCUT2D eigenvalue weighted by atomic mass is 16.3. The minimum atomic E-state index is 0.0453. The summed E-state index contributed by atoms with van der Waals surface area (Å²) in [6, 6.07) is 6.10. The van der Waals surface area contributed by atoms with Crippen LogP contribution in [0.15, 0.2) is 22.6 Å². The van der Waals surface area contributed by atoms with Crippen LogP contribution >= 0.6 is 0 Å². The highest BCUT2D eigenvalue weighted by molar-refractivity contribution is 5.76. The molecule has 0 bridgehead atoms. The number of hydrogen-bond donors (Lipinski definition) is 1. The molecule has 1 aromatic carbocycles. The first-order chi connectivity index (χ1) is 8.19. The molecule has 2 heterocycles. The Morgan fingerprint density at radius 2 is 2.29 bits per heavy atom. The van der Waals surface area contributed by atoms with Crippen LogP contribution in [-0.4, -0.2) is 18.1 Å². The van der Waals surface area contributed by atoms with Gasteiger partial charge in [0.15, 0.2) is 5.58 Å². The van der Waals surface area contributed by atoms with E-state index in [4.69, 9.17) is 9.40 Å². The predicted molar refractivity (Wildman–Crippen MR) is 68.2 cm³/mol. The third-order valence-electron chi connectivity index (χ3n) is 3.73. The van der Waals surface area contributed by atoms with Gasteiger partial charge in [-0.2, -0.15) is 0 Å². The van der Waals surface area contributed by atoms with Crippen molar-refractivity contribution in [3.8, 4) is 0 Å². The Labute approximate surface area is 101 Å². The lowest BCUT2D eigenvalue weighted by molar-refractivity contribution is 0.279. The van der Waals surface area contributed by atoms with Crippen LogP contribution in [0.1, 0.15) is 31.2 Å². The number of oxazole rings is 1. The van der Waals surface area contributed by atoms with Gasteiger partial charge in [0.25, 0.3) is 0 Å². The molecule has 0 amide bonds. The summed E-state index contributed by atoms with van der Waals surface area (Å²) in [6.45, 7) is 6.38. The van der Waals surface area contributed by atoms with E-state index < -0.39 is 0 Å². The first kappa shape index (κ1) is 10.8. The number of hydrogen-bond acceptors (Lipinski definition) is 3. The van der Waals surface area contributed by atoms with Crippen LogP contribution < -0.4 is 5.32 Å². The molecule has 1 aliphatic heterocycles. The number of rotatable bonds is 1. The quantitative estimate of drug-likeness (QED) is 0.818. The van der Waals surface area contributed by atoms with Gasteiger partial charge in [-0.25, -0.2) is 4.98 Å². The van der Waals surface area contributed by atoms with Gasteiger partial charge >= 0.3 is 0 Å². The number of aryl methyl sites for hydroxylation is 1. The van der Waals surface area contributed by atoms with Gasteiger partial charge in [0.2, 0.25) is 5.89 Å². The molecular formula is C14H18N2O. The third-order valence-corrected chi connectivity index (χ3v) is 3.73. The summed E-state index contributed by atoms with van der Waals surface area (Å²) in [6.07, 6.45) is 2.33. The van der Waals surface area contributed by atoms with Crippen molar-refractivity contribution in [3.63, 3.8) is 0 Å². The zero-order valence-corrected chi connectivity index (χ0v) is 10.4. The van der Waals surface area contributed by atoms with Crippen LogP contribution in [0.5, 0.6) is 0 Å². The number of piperidine rings is 1. The molecule has 0 spiro atoms. The molecule has 1 saturated heterocycles. The fraction of sp³-hybridized carbons (Fsp3) is 0.500. The van der Waals surface area contributed by atoms with Crippen molar-refractivity contribution in [1.82, 2.24) is 10.3 Å². The second-order valence-electron chi connectivity index (χ2n) is 5.28. The van der Waals surface area contributed by atoms with Gasteiger partial charge in [-0.05, 0) is 44.9 Å². The average molecular weight is 230 g/mol. The van der Waals surface area contributed by atoms with Crippen LogP contribution in [0.25, 0.3) is 11.1 Å². The van der Waals surface area contributed by atoms with Crippen molar-refractivity contribution >= 4 is 11.1 Å². The summed E-state index contributed by atoms with van der Waals surface area (Å²) in [5, 5.41) is 3.43. The van der Waals surface area contributed by atoms with Crippen molar-refractivity contribution in [2.24, 2.45) is 0 Å². The van der Waals surface area contributed by atoms with Gasteiger partial charge in [-0.3, -0.25) is 0 Å². The maximum Gasteiger partial charge on any atom is 0.202 e. The van der Waals surface area contributed by atoms with E-state index in [1.807, 2.05) is 12.1 Å². The lowest BCUT2D eigenvalue weighted by atomic mass is 9.83. The number of nitrogens with one attached hydrogen (secondary N) is 1. The molecule has 2 aromatic rings. The van der Waals surface area contributed by atoms with Crippen molar-refractivity contribution in [2.75, 3.05) is 13.1 Å². The van der Waals surface area contributed by atoms with E-state index >= 15 is 0 Å². The zero-order valence-electron chi connectivity index (χ0n) is 10.4. The highest BCUT2D eigenvalue weighted by Crippen LogP contribution is 2.32. The molecule has 3 rings (SSSR count). The molecule has 1 aliphatic rings. The first-order valence-electron chi connectivity index (χ1n) is 6.26. The maximum atomic E-state index is 5.94. The Bertz CT molecular complexity index is 538.